The van der Waals surface area contributed by atoms with Crippen molar-refractivity contribution in [2.24, 2.45) is 0 Å². The number of hydrogen-bond acceptors (Lipinski definition) is 4. The lowest BCUT2D eigenvalue weighted by atomic mass is 10.0. The van der Waals surface area contributed by atoms with E-state index in [9.17, 15) is 13.6 Å². The fourth-order valence-electron chi connectivity index (χ4n) is 3.12. The number of methoxy groups -OCH3 is 1. The van der Waals surface area contributed by atoms with Crippen LogP contribution in [0, 0.1) is 0 Å². The topological polar surface area (TPSA) is 69.1 Å². The second-order valence-electron chi connectivity index (χ2n) is 6.36. The summed E-state index contributed by atoms with van der Waals surface area (Å²) in [5, 5.41) is 4.34. The molecular weight excluding hydrogens is 392 g/mol. The Kier molecular flexibility index (Phi) is 5.30. The van der Waals surface area contributed by atoms with Crippen molar-refractivity contribution in [2.75, 3.05) is 7.11 Å². The molecule has 0 amide bonds. The zero-order valence-electron chi connectivity index (χ0n) is 15.9. The maximum atomic E-state index is 12.6. The van der Waals surface area contributed by atoms with Gasteiger partial charge in [-0.15, -0.1) is 0 Å². The van der Waals surface area contributed by atoms with Crippen LogP contribution in [0.25, 0.3) is 28.1 Å². The van der Waals surface area contributed by atoms with Crippen molar-refractivity contribution in [3.63, 3.8) is 0 Å². The standard InChI is InChI=1S/C22H17F2N3O3/c1-29-18-4-2-3-16(12-18)27-20(9-10-26-27)19-11-15(13-25-21(19)28)14-5-7-17(8-6-14)30-22(23)24/h2-13,22H,1H3,(H,25,28). The highest BCUT2D eigenvalue weighted by molar-refractivity contribution is 5.71. The number of alkyl halides is 2. The summed E-state index contributed by atoms with van der Waals surface area (Å²) in [4.78, 5) is 15.3. The number of pyridine rings is 1. The van der Waals surface area contributed by atoms with Crippen LogP contribution < -0.4 is 15.0 Å². The summed E-state index contributed by atoms with van der Waals surface area (Å²) in [7, 11) is 1.58. The van der Waals surface area contributed by atoms with E-state index >= 15 is 0 Å². The predicted octanol–water partition coefficient (Wildman–Crippen LogP) is 4.50. The van der Waals surface area contributed by atoms with Crippen LogP contribution in [0.5, 0.6) is 11.5 Å². The van der Waals surface area contributed by atoms with Gasteiger partial charge in [0.1, 0.15) is 11.5 Å². The summed E-state index contributed by atoms with van der Waals surface area (Å²) in [5.41, 5.74) is 2.94. The molecule has 0 unspecified atom stereocenters. The largest absolute Gasteiger partial charge is 0.497 e. The Labute approximate surface area is 170 Å². The molecule has 30 heavy (non-hydrogen) atoms. The molecule has 152 valence electrons. The van der Waals surface area contributed by atoms with Crippen LogP contribution in [-0.4, -0.2) is 28.5 Å². The number of ether oxygens (including phenoxy) is 2. The van der Waals surface area contributed by atoms with Gasteiger partial charge in [0.05, 0.1) is 30.3 Å². The van der Waals surface area contributed by atoms with Crippen LogP contribution in [0.15, 0.2) is 77.9 Å². The first-order chi connectivity index (χ1) is 14.5. The van der Waals surface area contributed by atoms with Gasteiger partial charge in [-0.1, -0.05) is 18.2 Å². The highest BCUT2D eigenvalue weighted by atomic mass is 19.3. The van der Waals surface area contributed by atoms with E-state index in [4.69, 9.17) is 4.74 Å². The number of aromatic nitrogens is 3. The SMILES string of the molecule is COc1cccc(-n2nccc2-c2cc(-c3ccc(OC(F)F)cc3)c[nH]c2=O)c1. The molecule has 6 nitrogen and oxygen atoms in total. The molecule has 2 heterocycles. The number of benzene rings is 2. The van der Waals surface area contributed by atoms with Crippen molar-refractivity contribution in [1.82, 2.24) is 14.8 Å². The van der Waals surface area contributed by atoms with Crippen LogP contribution in [-0.2, 0) is 0 Å². The summed E-state index contributed by atoms with van der Waals surface area (Å²) < 4.78 is 36.0. The molecule has 4 aromatic rings. The molecule has 0 fully saturated rings. The van der Waals surface area contributed by atoms with Crippen molar-refractivity contribution < 1.29 is 18.3 Å². The van der Waals surface area contributed by atoms with Crippen LogP contribution in [0.2, 0.25) is 0 Å². The van der Waals surface area contributed by atoms with Gasteiger partial charge in [0.15, 0.2) is 0 Å². The smallest absolute Gasteiger partial charge is 0.387 e. The van der Waals surface area contributed by atoms with Crippen molar-refractivity contribution in [3.8, 4) is 39.6 Å². The second-order valence-corrected chi connectivity index (χ2v) is 6.36. The fraction of sp³-hybridized carbons (Fsp3) is 0.0909. The van der Waals surface area contributed by atoms with E-state index in [1.165, 1.54) is 12.1 Å². The van der Waals surface area contributed by atoms with E-state index in [-0.39, 0.29) is 11.3 Å². The number of hydrogen-bond donors (Lipinski definition) is 1. The third-order valence-electron chi connectivity index (χ3n) is 4.53. The molecule has 2 aromatic heterocycles. The van der Waals surface area contributed by atoms with Crippen LogP contribution in [0.4, 0.5) is 8.78 Å². The van der Waals surface area contributed by atoms with E-state index in [1.54, 1.807) is 48.5 Å². The summed E-state index contributed by atoms with van der Waals surface area (Å²) in [5.74, 6) is 0.734. The minimum atomic E-state index is -2.88. The molecule has 0 spiro atoms. The van der Waals surface area contributed by atoms with Gasteiger partial charge in [0, 0.05) is 12.3 Å². The summed E-state index contributed by atoms with van der Waals surface area (Å²) in [6, 6.07) is 17.0. The minimum absolute atomic E-state index is 0.0644. The zero-order chi connectivity index (χ0) is 21.1. The molecule has 0 aliphatic carbocycles. The normalized spacial score (nSPS) is 10.9. The highest BCUT2D eigenvalue weighted by Crippen LogP contribution is 2.27. The molecule has 2 aromatic carbocycles. The molecule has 0 saturated heterocycles. The average molecular weight is 409 g/mol. The molecule has 8 heteroatoms. The Hall–Kier alpha value is -3.94. The number of rotatable bonds is 6. The molecule has 0 aliphatic rings. The maximum Gasteiger partial charge on any atom is 0.387 e. The summed E-state index contributed by atoms with van der Waals surface area (Å²) >= 11 is 0. The monoisotopic (exact) mass is 409 g/mol. The summed E-state index contributed by atoms with van der Waals surface area (Å²) in [6.45, 7) is -2.88. The third-order valence-corrected chi connectivity index (χ3v) is 4.53. The minimum Gasteiger partial charge on any atom is -0.497 e. The molecular formula is C22H17F2N3O3. The van der Waals surface area contributed by atoms with Crippen molar-refractivity contribution in [2.45, 2.75) is 6.61 Å². The Morgan fingerprint density at radius 2 is 1.80 bits per heavy atom. The van der Waals surface area contributed by atoms with Crippen LogP contribution in [0.1, 0.15) is 0 Å². The zero-order valence-corrected chi connectivity index (χ0v) is 15.9. The number of H-pyrrole nitrogens is 1. The summed E-state index contributed by atoms with van der Waals surface area (Å²) in [6.07, 6.45) is 3.18. The average Bonchev–Trinajstić information content (AvgIpc) is 3.24. The molecule has 4 rings (SSSR count). The van der Waals surface area contributed by atoms with E-state index in [2.05, 4.69) is 14.8 Å². The molecule has 0 radical (unpaired) electrons. The number of nitrogens with one attached hydrogen (secondary N) is 1. The number of aromatic amines is 1. The van der Waals surface area contributed by atoms with Gasteiger partial charge in [-0.05, 0) is 47.5 Å². The van der Waals surface area contributed by atoms with Gasteiger partial charge < -0.3 is 14.5 Å². The lowest BCUT2D eigenvalue weighted by molar-refractivity contribution is -0.0498. The Balaban J connectivity index is 1.73. The van der Waals surface area contributed by atoms with E-state index in [0.717, 1.165) is 11.3 Å². The molecule has 1 N–H and O–H groups in total. The predicted molar refractivity (Wildman–Crippen MR) is 108 cm³/mol. The first-order valence-electron chi connectivity index (χ1n) is 9.02. The van der Waals surface area contributed by atoms with Gasteiger partial charge >= 0.3 is 6.61 Å². The molecule has 0 atom stereocenters. The molecule has 0 aliphatic heterocycles. The Bertz CT molecular complexity index is 1220. The van der Waals surface area contributed by atoms with E-state index in [0.29, 0.717) is 22.6 Å². The Morgan fingerprint density at radius 1 is 1.00 bits per heavy atom. The van der Waals surface area contributed by atoms with Crippen molar-refractivity contribution >= 4 is 0 Å². The molecule has 0 saturated carbocycles. The van der Waals surface area contributed by atoms with Gasteiger partial charge in [-0.25, -0.2) is 4.68 Å². The number of nitrogens with zero attached hydrogens (tertiary/aromatic N) is 2. The van der Waals surface area contributed by atoms with Gasteiger partial charge in [-0.2, -0.15) is 13.9 Å². The quantitative estimate of drug-likeness (QED) is 0.509. The first kappa shape index (κ1) is 19.4. The van der Waals surface area contributed by atoms with Crippen LogP contribution in [0.3, 0.4) is 0 Å². The molecule has 0 bridgehead atoms. The lowest BCUT2D eigenvalue weighted by Gasteiger charge is -2.10. The fourth-order valence-corrected chi connectivity index (χ4v) is 3.12. The lowest BCUT2D eigenvalue weighted by Crippen LogP contribution is -2.11. The number of halogens is 2. The van der Waals surface area contributed by atoms with E-state index < -0.39 is 6.61 Å². The third kappa shape index (κ3) is 3.93. The van der Waals surface area contributed by atoms with Crippen molar-refractivity contribution in [1.29, 1.82) is 0 Å². The van der Waals surface area contributed by atoms with Gasteiger partial charge in [0.25, 0.3) is 5.56 Å². The van der Waals surface area contributed by atoms with Gasteiger partial charge in [-0.3, -0.25) is 4.79 Å². The second kappa shape index (κ2) is 8.20. The Morgan fingerprint density at radius 3 is 2.53 bits per heavy atom. The first-order valence-corrected chi connectivity index (χ1v) is 9.02. The van der Waals surface area contributed by atoms with Crippen molar-refractivity contribution in [3.05, 3.63) is 83.4 Å². The van der Waals surface area contributed by atoms with Crippen LogP contribution >= 0.6 is 0 Å². The van der Waals surface area contributed by atoms with E-state index in [1.807, 2.05) is 24.3 Å². The maximum absolute atomic E-state index is 12.6. The van der Waals surface area contributed by atoms with Gasteiger partial charge in [0.2, 0.25) is 0 Å². The highest BCUT2D eigenvalue weighted by Gasteiger charge is 2.13.